The number of nitrogens with two attached hydrogens (primary N) is 1. The summed E-state index contributed by atoms with van der Waals surface area (Å²) in [5, 5.41) is 5.61. The largest absolute Gasteiger partial charge is 0.496 e. The zero-order valence-corrected chi connectivity index (χ0v) is 15.3. The van der Waals surface area contributed by atoms with Gasteiger partial charge in [-0.2, -0.15) is 0 Å². The zero-order valence-electron chi connectivity index (χ0n) is 14.5. The molecule has 0 saturated carbocycles. The summed E-state index contributed by atoms with van der Waals surface area (Å²) in [4.78, 5) is 13.0. The second-order valence-corrected chi connectivity index (χ2v) is 6.11. The molecule has 3 N–H and O–H groups in total. The summed E-state index contributed by atoms with van der Waals surface area (Å²) in [6, 6.07) is 9.41. The Morgan fingerprint density at radius 3 is 2.62 bits per heavy atom. The molecule has 0 unspecified atom stereocenters. The zero-order chi connectivity index (χ0) is 18.4. The Kier molecular flexibility index (Phi) is 5.65. The molecule has 0 radical (unpaired) electrons. The minimum atomic E-state index is 0.269. The Labute approximate surface area is 155 Å². The molecule has 134 valence electrons. The topological polar surface area (TPSA) is 94.7 Å². The van der Waals surface area contributed by atoms with Crippen LogP contribution in [0.4, 0.5) is 5.13 Å². The fourth-order valence-electron chi connectivity index (χ4n) is 2.38. The standard InChI is InChI=1S/C18H19N5O2S/c1-24-15-6-3-7-16(25-2)13(15)10-21-17(19)23-18-22-14(11-26-18)12-5-4-8-20-9-12/h3-9,11H,10H2,1-2H3,(H3,19,21,22,23). The van der Waals surface area contributed by atoms with Gasteiger partial charge >= 0.3 is 0 Å². The molecule has 0 atom stereocenters. The Balaban J connectivity index is 1.71. The molecule has 0 fully saturated rings. The van der Waals surface area contributed by atoms with Crippen molar-refractivity contribution in [1.82, 2.24) is 9.97 Å². The van der Waals surface area contributed by atoms with Gasteiger partial charge in [0.05, 0.1) is 32.0 Å². The summed E-state index contributed by atoms with van der Waals surface area (Å²) in [6.45, 7) is 0.326. The number of rotatable bonds is 6. The van der Waals surface area contributed by atoms with Crippen LogP contribution in [0.25, 0.3) is 11.3 Å². The van der Waals surface area contributed by atoms with Crippen molar-refractivity contribution in [3.05, 3.63) is 53.7 Å². The van der Waals surface area contributed by atoms with E-state index in [9.17, 15) is 0 Å². The average molecular weight is 369 g/mol. The summed E-state index contributed by atoms with van der Waals surface area (Å²) in [5.74, 6) is 1.67. The highest BCUT2D eigenvalue weighted by Gasteiger charge is 2.10. The van der Waals surface area contributed by atoms with Gasteiger partial charge in [0.25, 0.3) is 0 Å². The third kappa shape index (κ3) is 4.09. The molecule has 0 amide bonds. The minimum Gasteiger partial charge on any atom is -0.496 e. The smallest absolute Gasteiger partial charge is 0.195 e. The third-order valence-corrected chi connectivity index (χ3v) is 4.39. The fraction of sp³-hybridized carbons (Fsp3) is 0.167. The van der Waals surface area contributed by atoms with Crippen LogP contribution in [-0.4, -0.2) is 30.1 Å². The molecule has 0 aliphatic carbocycles. The number of nitrogens with zero attached hydrogens (tertiary/aromatic N) is 3. The van der Waals surface area contributed by atoms with Gasteiger partial charge in [-0.15, -0.1) is 11.3 Å². The van der Waals surface area contributed by atoms with Crippen LogP contribution in [0, 0.1) is 0 Å². The first kappa shape index (κ1) is 17.7. The van der Waals surface area contributed by atoms with Crippen molar-refractivity contribution in [1.29, 1.82) is 0 Å². The Morgan fingerprint density at radius 1 is 1.19 bits per heavy atom. The van der Waals surface area contributed by atoms with Crippen LogP contribution in [0.3, 0.4) is 0 Å². The number of nitrogens with one attached hydrogen (secondary N) is 1. The number of guanidine groups is 1. The Bertz CT molecular complexity index is 873. The van der Waals surface area contributed by atoms with E-state index < -0.39 is 0 Å². The van der Waals surface area contributed by atoms with Gasteiger partial charge in [0.15, 0.2) is 11.1 Å². The number of ether oxygens (including phenoxy) is 2. The first-order chi connectivity index (χ1) is 12.7. The lowest BCUT2D eigenvalue weighted by atomic mass is 10.2. The van der Waals surface area contributed by atoms with Crippen LogP contribution >= 0.6 is 11.3 Å². The van der Waals surface area contributed by atoms with E-state index in [0.717, 1.165) is 16.8 Å². The number of anilines is 1. The number of methoxy groups -OCH3 is 2. The molecule has 0 spiro atoms. The van der Waals surface area contributed by atoms with Crippen LogP contribution < -0.4 is 20.5 Å². The maximum absolute atomic E-state index is 6.00. The van der Waals surface area contributed by atoms with E-state index in [2.05, 4.69) is 20.3 Å². The van der Waals surface area contributed by atoms with Gasteiger partial charge in [-0.1, -0.05) is 6.07 Å². The molecule has 2 heterocycles. The SMILES string of the molecule is COc1cccc(OC)c1CN=C(N)Nc1nc(-c2cccnc2)cs1. The molecule has 2 aromatic heterocycles. The fourth-order valence-corrected chi connectivity index (χ4v) is 3.10. The number of hydrogen-bond donors (Lipinski definition) is 2. The van der Waals surface area contributed by atoms with Gasteiger partial charge in [0.2, 0.25) is 0 Å². The number of benzene rings is 1. The van der Waals surface area contributed by atoms with Gasteiger partial charge in [-0.3, -0.25) is 4.98 Å². The molecule has 8 heteroatoms. The highest BCUT2D eigenvalue weighted by Crippen LogP contribution is 2.29. The quantitative estimate of drug-likeness (QED) is 0.512. The van der Waals surface area contributed by atoms with E-state index in [1.807, 2.05) is 35.7 Å². The van der Waals surface area contributed by atoms with Crippen LogP contribution in [0.1, 0.15) is 5.56 Å². The predicted molar refractivity (Wildman–Crippen MR) is 104 cm³/mol. The van der Waals surface area contributed by atoms with E-state index in [0.29, 0.717) is 23.2 Å². The van der Waals surface area contributed by atoms with E-state index >= 15 is 0 Å². The predicted octanol–water partition coefficient (Wildman–Crippen LogP) is 3.15. The second-order valence-electron chi connectivity index (χ2n) is 5.25. The van der Waals surface area contributed by atoms with Gasteiger partial charge in [0.1, 0.15) is 11.5 Å². The summed E-state index contributed by atoms with van der Waals surface area (Å²) in [7, 11) is 3.22. The molecule has 7 nitrogen and oxygen atoms in total. The summed E-state index contributed by atoms with van der Waals surface area (Å²) in [6.07, 6.45) is 3.50. The monoisotopic (exact) mass is 369 g/mol. The molecule has 0 saturated heterocycles. The Morgan fingerprint density at radius 2 is 1.96 bits per heavy atom. The van der Waals surface area contributed by atoms with Crippen LogP contribution in [0.2, 0.25) is 0 Å². The van der Waals surface area contributed by atoms with Crippen LogP contribution in [-0.2, 0) is 6.54 Å². The van der Waals surface area contributed by atoms with Crippen molar-refractivity contribution in [2.45, 2.75) is 6.54 Å². The molecule has 3 rings (SSSR count). The molecule has 26 heavy (non-hydrogen) atoms. The van der Waals surface area contributed by atoms with Crippen molar-refractivity contribution in [2.24, 2.45) is 10.7 Å². The van der Waals surface area contributed by atoms with Gasteiger partial charge in [0, 0.05) is 23.3 Å². The number of aliphatic imine (C=N–C) groups is 1. The van der Waals surface area contributed by atoms with E-state index in [4.69, 9.17) is 15.2 Å². The minimum absolute atomic E-state index is 0.269. The normalized spacial score (nSPS) is 11.2. The van der Waals surface area contributed by atoms with Crippen LogP contribution in [0.15, 0.2) is 53.1 Å². The lowest BCUT2D eigenvalue weighted by Gasteiger charge is -2.11. The van der Waals surface area contributed by atoms with E-state index in [-0.39, 0.29) is 5.96 Å². The summed E-state index contributed by atoms with van der Waals surface area (Å²) < 4.78 is 10.7. The third-order valence-electron chi connectivity index (χ3n) is 3.63. The molecule has 0 aliphatic rings. The van der Waals surface area contributed by atoms with E-state index in [1.54, 1.807) is 26.6 Å². The van der Waals surface area contributed by atoms with Gasteiger partial charge in [-0.05, 0) is 24.3 Å². The average Bonchev–Trinajstić information content (AvgIpc) is 3.15. The first-order valence-corrected chi connectivity index (χ1v) is 8.72. The molecular formula is C18H19N5O2S. The number of hydrogen-bond acceptors (Lipinski definition) is 6. The second kappa shape index (κ2) is 8.30. The summed E-state index contributed by atoms with van der Waals surface area (Å²) in [5.41, 5.74) is 8.61. The molecular weight excluding hydrogens is 350 g/mol. The van der Waals surface area contributed by atoms with Crippen molar-refractivity contribution < 1.29 is 9.47 Å². The van der Waals surface area contributed by atoms with Crippen LogP contribution in [0.5, 0.6) is 11.5 Å². The van der Waals surface area contributed by atoms with Crippen molar-refractivity contribution in [3.63, 3.8) is 0 Å². The first-order valence-electron chi connectivity index (χ1n) is 7.84. The number of aromatic nitrogens is 2. The molecule has 3 aromatic rings. The van der Waals surface area contributed by atoms with Gasteiger partial charge in [-0.25, -0.2) is 9.98 Å². The Hall–Kier alpha value is -3.13. The lowest BCUT2D eigenvalue weighted by molar-refractivity contribution is 0.385. The van der Waals surface area contributed by atoms with Crippen molar-refractivity contribution in [2.75, 3.05) is 19.5 Å². The molecule has 0 aliphatic heterocycles. The van der Waals surface area contributed by atoms with Crippen molar-refractivity contribution in [3.8, 4) is 22.8 Å². The summed E-state index contributed by atoms with van der Waals surface area (Å²) >= 11 is 1.45. The van der Waals surface area contributed by atoms with Crippen molar-refractivity contribution >= 4 is 22.4 Å². The highest BCUT2D eigenvalue weighted by atomic mass is 32.1. The van der Waals surface area contributed by atoms with E-state index in [1.165, 1.54) is 11.3 Å². The number of thiazole rings is 1. The maximum Gasteiger partial charge on any atom is 0.195 e. The number of pyridine rings is 1. The lowest BCUT2D eigenvalue weighted by Crippen LogP contribution is -2.22. The molecule has 0 bridgehead atoms. The molecule has 1 aromatic carbocycles. The highest BCUT2D eigenvalue weighted by molar-refractivity contribution is 7.14. The maximum atomic E-state index is 6.00. The van der Waals surface area contributed by atoms with Gasteiger partial charge < -0.3 is 20.5 Å².